The lowest BCUT2D eigenvalue weighted by Crippen LogP contribution is -2.32. The second-order valence-electron chi connectivity index (χ2n) is 6.89. The van der Waals surface area contributed by atoms with Crippen LogP contribution >= 0.6 is 11.3 Å². The van der Waals surface area contributed by atoms with Gasteiger partial charge in [0, 0.05) is 35.3 Å². The average molecular weight is 369 g/mol. The second-order valence-corrected chi connectivity index (χ2v) is 7.87. The Morgan fingerprint density at radius 1 is 1.15 bits per heavy atom. The summed E-state index contributed by atoms with van der Waals surface area (Å²) in [4.78, 5) is 29.7. The zero-order chi connectivity index (χ0) is 17.9. The molecule has 1 unspecified atom stereocenters. The van der Waals surface area contributed by atoms with Crippen molar-refractivity contribution >= 4 is 34.5 Å². The number of hydrogen-bond donors (Lipinski definition) is 1. The molecule has 0 aliphatic carbocycles. The van der Waals surface area contributed by atoms with Crippen molar-refractivity contribution in [2.75, 3.05) is 29.9 Å². The number of nitrogens with zero attached hydrogens (tertiary/aromatic N) is 2. The molecule has 1 aromatic carbocycles. The first-order chi connectivity index (χ1) is 12.7. The monoisotopic (exact) mass is 369 g/mol. The van der Waals surface area contributed by atoms with Crippen molar-refractivity contribution < 1.29 is 9.59 Å². The minimum absolute atomic E-state index is 0.0125. The molecule has 0 bridgehead atoms. The van der Waals surface area contributed by atoms with Gasteiger partial charge in [-0.05, 0) is 61.5 Å². The van der Waals surface area contributed by atoms with Crippen molar-refractivity contribution in [1.29, 1.82) is 0 Å². The molecule has 6 heteroatoms. The molecule has 26 heavy (non-hydrogen) atoms. The van der Waals surface area contributed by atoms with Crippen LogP contribution in [0.3, 0.4) is 0 Å². The Morgan fingerprint density at radius 3 is 2.69 bits per heavy atom. The van der Waals surface area contributed by atoms with Crippen LogP contribution < -0.4 is 10.2 Å². The number of carbonyl (C=O) groups is 2. The molecule has 1 N–H and O–H groups in total. The first-order valence-electron chi connectivity index (χ1n) is 9.18. The molecule has 5 nitrogen and oxygen atoms in total. The van der Waals surface area contributed by atoms with Gasteiger partial charge in [0.05, 0.1) is 6.54 Å². The van der Waals surface area contributed by atoms with Gasteiger partial charge in [-0.15, -0.1) is 11.3 Å². The van der Waals surface area contributed by atoms with Crippen LogP contribution in [0, 0.1) is 0 Å². The molecule has 2 fully saturated rings. The van der Waals surface area contributed by atoms with Crippen LogP contribution in [0.2, 0.25) is 0 Å². The zero-order valence-electron chi connectivity index (χ0n) is 14.7. The first-order valence-corrected chi connectivity index (χ1v) is 10.1. The highest BCUT2D eigenvalue weighted by Gasteiger charge is 2.28. The first kappa shape index (κ1) is 17.2. The number of hydrogen-bond acceptors (Lipinski definition) is 4. The molecular formula is C20H23N3O2S. The number of carbonyl (C=O) groups excluding carboxylic acids is 2. The van der Waals surface area contributed by atoms with Gasteiger partial charge >= 0.3 is 0 Å². The lowest BCUT2D eigenvalue weighted by atomic mass is 10.2. The summed E-state index contributed by atoms with van der Waals surface area (Å²) in [5, 5.41) is 5.08. The van der Waals surface area contributed by atoms with Crippen molar-refractivity contribution in [3.05, 3.63) is 46.7 Å². The van der Waals surface area contributed by atoms with Gasteiger partial charge in [0.1, 0.15) is 0 Å². The molecule has 0 saturated carbocycles. The van der Waals surface area contributed by atoms with Gasteiger partial charge in [0.15, 0.2) is 0 Å². The van der Waals surface area contributed by atoms with E-state index in [2.05, 4.69) is 27.7 Å². The fourth-order valence-corrected chi connectivity index (χ4v) is 4.74. The summed E-state index contributed by atoms with van der Waals surface area (Å²) in [5.41, 5.74) is 1.68. The van der Waals surface area contributed by atoms with E-state index in [1.807, 2.05) is 29.2 Å². The standard InChI is InChI=1S/C20H23N3O2S/c24-19(14-22-11-1-4-17(22)18-5-3-13-26-18)21-15-7-9-16(10-8-15)23-12-2-6-20(23)25/h3,5,7-10,13,17H,1-2,4,6,11-12,14H2,(H,21,24). The average Bonchev–Trinajstić information content (AvgIpc) is 3.37. The molecule has 2 aliphatic heterocycles. The Kier molecular flexibility index (Phi) is 5.04. The number of benzene rings is 1. The lowest BCUT2D eigenvalue weighted by Gasteiger charge is -2.23. The molecule has 0 radical (unpaired) electrons. The molecule has 1 atom stereocenters. The largest absolute Gasteiger partial charge is 0.325 e. The Labute approximate surface area is 157 Å². The highest BCUT2D eigenvalue weighted by Crippen LogP contribution is 2.34. The molecule has 2 amide bonds. The predicted molar refractivity (Wildman–Crippen MR) is 105 cm³/mol. The van der Waals surface area contributed by atoms with Gasteiger partial charge in [0.2, 0.25) is 11.8 Å². The number of thiophene rings is 1. The number of anilines is 2. The predicted octanol–water partition coefficient (Wildman–Crippen LogP) is 3.65. The normalized spacial score (nSPS) is 20.7. The number of amides is 2. The third-order valence-electron chi connectivity index (χ3n) is 5.12. The lowest BCUT2D eigenvalue weighted by molar-refractivity contribution is -0.118. The minimum atomic E-state index is 0.0125. The van der Waals surface area contributed by atoms with Crippen LogP contribution in [0.1, 0.15) is 36.6 Å². The van der Waals surface area contributed by atoms with Gasteiger partial charge in [-0.1, -0.05) is 6.07 Å². The summed E-state index contributed by atoms with van der Waals surface area (Å²) in [6, 6.07) is 12.2. The summed E-state index contributed by atoms with van der Waals surface area (Å²) in [6.45, 7) is 2.16. The number of nitrogens with one attached hydrogen (secondary N) is 1. The topological polar surface area (TPSA) is 52.7 Å². The number of likely N-dealkylation sites (tertiary alicyclic amines) is 1. The molecular weight excluding hydrogens is 346 g/mol. The Bertz CT molecular complexity index is 773. The van der Waals surface area contributed by atoms with Crippen LogP contribution in [0.25, 0.3) is 0 Å². The molecule has 2 aliphatic rings. The maximum Gasteiger partial charge on any atom is 0.238 e. The quantitative estimate of drug-likeness (QED) is 0.875. The molecule has 3 heterocycles. The fourth-order valence-electron chi connectivity index (χ4n) is 3.85. The van der Waals surface area contributed by atoms with Crippen LogP contribution in [-0.4, -0.2) is 36.3 Å². The van der Waals surface area contributed by atoms with Gasteiger partial charge in [-0.3, -0.25) is 14.5 Å². The molecule has 1 aromatic heterocycles. The highest BCUT2D eigenvalue weighted by molar-refractivity contribution is 7.10. The number of rotatable bonds is 5. The molecule has 2 aromatic rings. The van der Waals surface area contributed by atoms with Gasteiger partial charge in [-0.2, -0.15) is 0 Å². The van der Waals surface area contributed by atoms with Crippen molar-refractivity contribution in [1.82, 2.24) is 4.90 Å². The van der Waals surface area contributed by atoms with Gasteiger partial charge in [-0.25, -0.2) is 0 Å². The van der Waals surface area contributed by atoms with Crippen LogP contribution in [0.5, 0.6) is 0 Å². The van der Waals surface area contributed by atoms with Crippen molar-refractivity contribution in [2.45, 2.75) is 31.7 Å². The minimum Gasteiger partial charge on any atom is -0.325 e. The zero-order valence-corrected chi connectivity index (χ0v) is 15.5. The van der Waals surface area contributed by atoms with E-state index < -0.39 is 0 Å². The van der Waals surface area contributed by atoms with E-state index in [9.17, 15) is 9.59 Å². The van der Waals surface area contributed by atoms with Crippen LogP contribution in [-0.2, 0) is 9.59 Å². The van der Waals surface area contributed by atoms with E-state index in [1.165, 1.54) is 4.88 Å². The van der Waals surface area contributed by atoms with Crippen LogP contribution in [0.4, 0.5) is 11.4 Å². The van der Waals surface area contributed by atoms with Crippen molar-refractivity contribution in [3.63, 3.8) is 0 Å². The second kappa shape index (κ2) is 7.60. The van der Waals surface area contributed by atoms with Gasteiger partial charge in [0.25, 0.3) is 0 Å². The molecule has 2 saturated heterocycles. The van der Waals surface area contributed by atoms with E-state index in [0.29, 0.717) is 19.0 Å². The van der Waals surface area contributed by atoms with Crippen LogP contribution in [0.15, 0.2) is 41.8 Å². The Hall–Kier alpha value is -2.18. The van der Waals surface area contributed by atoms with E-state index in [-0.39, 0.29) is 11.8 Å². The van der Waals surface area contributed by atoms with Crippen molar-refractivity contribution in [2.24, 2.45) is 0 Å². The van der Waals surface area contributed by atoms with E-state index in [1.54, 1.807) is 11.3 Å². The third-order valence-corrected chi connectivity index (χ3v) is 6.09. The SMILES string of the molecule is O=C(CN1CCCC1c1cccs1)Nc1ccc(N2CCCC2=O)cc1. The van der Waals surface area contributed by atoms with E-state index in [0.717, 1.165) is 43.7 Å². The molecule has 4 rings (SSSR count). The highest BCUT2D eigenvalue weighted by atomic mass is 32.1. The van der Waals surface area contributed by atoms with E-state index >= 15 is 0 Å². The summed E-state index contributed by atoms with van der Waals surface area (Å²) in [5.74, 6) is 0.189. The van der Waals surface area contributed by atoms with Crippen molar-refractivity contribution in [3.8, 4) is 0 Å². The smallest absolute Gasteiger partial charge is 0.238 e. The molecule has 136 valence electrons. The Balaban J connectivity index is 1.35. The summed E-state index contributed by atoms with van der Waals surface area (Å²) >= 11 is 1.76. The summed E-state index contributed by atoms with van der Waals surface area (Å²) in [6.07, 6.45) is 3.79. The third kappa shape index (κ3) is 3.66. The molecule has 0 spiro atoms. The van der Waals surface area contributed by atoms with Gasteiger partial charge < -0.3 is 10.2 Å². The Morgan fingerprint density at radius 2 is 2.00 bits per heavy atom. The summed E-state index contributed by atoms with van der Waals surface area (Å²) in [7, 11) is 0. The fraction of sp³-hybridized carbons (Fsp3) is 0.400. The maximum absolute atomic E-state index is 12.5. The maximum atomic E-state index is 12.5. The summed E-state index contributed by atoms with van der Waals surface area (Å²) < 4.78 is 0. The van der Waals surface area contributed by atoms with E-state index in [4.69, 9.17) is 0 Å².